The molecule has 1 heterocycles. The average molecular weight is 377 g/mol. The molecule has 3 rings (SSSR count). The number of furan rings is 1. The summed E-state index contributed by atoms with van der Waals surface area (Å²) in [7, 11) is 0. The zero-order chi connectivity index (χ0) is 18.0. The van der Waals surface area contributed by atoms with Crippen molar-refractivity contribution in [2.45, 2.75) is 0 Å². The molecular weight excluding hydrogens is 367 g/mol. The highest BCUT2D eigenvalue weighted by atomic mass is 35.5. The van der Waals surface area contributed by atoms with Crippen LogP contribution in [0.25, 0.3) is 11.3 Å². The van der Waals surface area contributed by atoms with Crippen molar-refractivity contribution in [2.24, 2.45) is 0 Å². The van der Waals surface area contributed by atoms with Gasteiger partial charge in [-0.05, 0) is 42.5 Å². The number of nitrogens with one attached hydrogen (secondary N) is 1. The molecule has 1 N–H and O–H groups in total. The number of hydrogen-bond donors (Lipinski definition) is 1. The Hall–Kier alpha value is -2.83. The highest BCUT2D eigenvalue weighted by Gasteiger charge is 2.15. The number of hydrogen-bond acceptors (Lipinski definition) is 4. The molecule has 0 fully saturated rings. The van der Waals surface area contributed by atoms with Crippen molar-refractivity contribution in [3.8, 4) is 11.3 Å². The summed E-state index contributed by atoms with van der Waals surface area (Å²) in [6.07, 6.45) is 0. The molecule has 8 heteroatoms. The molecule has 3 aromatic rings. The summed E-state index contributed by atoms with van der Waals surface area (Å²) in [6.45, 7) is 0. The third-order valence-corrected chi connectivity index (χ3v) is 3.93. The van der Waals surface area contributed by atoms with Gasteiger partial charge in [0.15, 0.2) is 5.76 Å². The Bertz CT molecular complexity index is 952. The topological polar surface area (TPSA) is 85.4 Å². The van der Waals surface area contributed by atoms with E-state index in [9.17, 15) is 14.9 Å². The molecule has 0 saturated carbocycles. The summed E-state index contributed by atoms with van der Waals surface area (Å²) >= 11 is 11.9. The maximum Gasteiger partial charge on any atom is 0.291 e. The van der Waals surface area contributed by atoms with E-state index >= 15 is 0 Å². The summed E-state index contributed by atoms with van der Waals surface area (Å²) in [6, 6.07) is 13.6. The van der Waals surface area contributed by atoms with Crippen molar-refractivity contribution in [1.29, 1.82) is 0 Å². The molecule has 0 radical (unpaired) electrons. The molecule has 0 spiro atoms. The minimum absolute atomic E-state index is 0.0242. The van der Waals surface area contributed by atoms with Gasteiger partial charge in [-0.15, -0.1) is 0 Å². The molecule has 25 heavy (non-hydrogen) atoms. The second-order valence-electron chi connectivity index (χ2n) is 5.05. The number of amides is 1. The van der Waals surface area contributed by atoms with Crippen LogP contribution in [0, 0.1) is 10.1 Å². The highest BCUT2D eigenvalue weighted by molar-refractivity contribution is 6.35. The van der Waals surface area contributed by atoms with Gasteiger partial charge in [-0.1, -0.05) is 23.2 Å². The Balaban J connectivity index is 1.79. The van der Waals surface area contributed by atoms with E-state index in [1.165, 1.54) is 24.3 Å². The fourth-order valence-electron chi connectivity index (χ4n) is 2.14. The van der Waals surface area contributed by atoms with Gasteiger partial charge in [0.25, 0.3) is 11.6 Å². The molecule has 6 nitrogen and oxygen atoms in total. The van der Waals surface area contributed by atoms with Gasteiger partial charge < -0.3 is 9.73 Å². The predicted molar refractivity (Wildman–Crippen MR) is 95.2 cm³/mol. The second-order valence-corrected chi connectivity index (χ2v) is 5.89. The van der Waals surface area contributed by atoms with E-state index in [0.29, 0.717) is 27.1 Å². The lowest BCUT2D eigenvalue weighted by molar-refractivity contribution is -0.384. The minimum Gasteiger partial charge on any atom is -0.451 e. The molecule has 2 aromatic carbocycles. The van der Waals surface area contributed by atoms with Crippen molar-refractivity contribution in [1.82, 2.24) is 0 Å². The number of carbonyl (C=O) groups excluding carboxylic acids is 1. The molecule has 0 aliphatic carbocycles. The maximum atomic E-state index is 12.3. The largest absolute Gasteiger partial charge is 0.451 e. The van der Waals surface area contributed by atoms with Crippen molar-refractivity contribution in [3.05, 3.63) is 80.5 Å². The monoisotopic (exact) mass is 376 g/mol. The molecule has 1 aromatic heterocycles. The van der Waals surface area contributed by atoms with Gasteiger partial charge in [0.1, 0.15) is 5.76 Å². The van der Waals surface area contributed by atoms with Crippen LogP contribution in [-0.2, 0) is 0 Å². The van der Waals surface area contributed by atoms with Crippen LogP contribution in [0.1, 0.15) is 10.6 Å². The first-order valence-corrected chi connectivity index (χ1v) is 7.81. The number of carbonyl (C=O) groups is 1. The zero-order valence-corrected chi connectivity index (χ0v) is 14.0. The molecule has 0 bridgehead atoms. The quantitative estimate of drug-likeness (QED) is 0.486. The smallest absolute Gasteiger partial charge is 0.291 e. The average Bonchev–Trinajstić information content (AvgIpc) is 3.08. The van der Waals surface area contributed by atoms with E-state index < -0.39 is 10.8 Å². The first-order chi connectivity index (χ1) is 11.9. The van der Waals surface area contributed by atoms with E-state index in [4.69, 9.17) is 27.6 Å². The van der Waals surface area contributed by atoms with Crippen molar-refractivity contribution in [3.63, 3.8) is 0 Å². The Morgan fingerprint density at radius 2 is 1.76 bits per heavy atom. The fraction of sp³-hybridized carbons (Fsp3) is 0. The van der Waals surface area contributed by atoms with E-state index in [-0.39, 0.29) is 11.4 Å². The molecule has 0 atom stereocenters. The summed E-state index contributed by atoms with van der Waals surface area (Å²) in [5.74, 6) is -0.000961. The Morgan fingerprint density at radius 3 is 2.44 bits per heavy atom. The molecule has 126 valence electrons. The van der Waals surface area contributed by atoms with Crippen LogP contribution in [0.4, 0.5) is 11.4 Å². The number of benzene rings is 2. The first-order valence-electron chi connectivity index (χ1n) is 7.05. The summed E-state index contributed by atoms with van der Waals surface area (Å²) in [5, 5.41) is 14.1. The van der Waals surface area contributed by atoms with Crippen molar-refractivity contribution in [2.75, 3.05) is 5.32 Å². The minimum atomic E-state index is -0.489. The van der Waals surface area contributed by atoms with E-state index in [1.54, 1.807) is 30.3 Å². The number of non-ortho nitro benzene ring substituents is 1. The van der Waals surface area contributed by atoms with Gasteiger partial charge in [0, 0.05) is 22.7 Å². The summed E-state index contributed by atoms with van der Waals surface area (Å²) in [5.41, 5.74) is 0.960. The number of nitro benzene ring substituents is 1. The van der Waals surface area contributed by atoms with Gasteiger partial charge >= 0.3 is 0 Å². The van der Waals surface area contributed by atoms with Gasteiger partial charge in [0.05, 0.1) is 15.6 Å². The molecule has 0 unspecified atom stereocenters. The van der Waals surface area contributed by atoms with Crippen molar-refractivity contribution >= 4 is 40.5 Å². The second kappa shape index (κ2) is 6.96. The van der Waals surface area contributed by atoms with Crippen LogP contribution < -0.4 is 5.32 Å². The summed E-state index contributed by atoms with van der Waals surface area (Å²) in [4.78, 5) is 22.5. The third-order valence-electron chi connectivity index (χ3n) is 3.37. The lowest BCUT2D eigenvalue weighted by Gasteiger charge is -2.06. The van der Waals surface area contributed by atoms with Crippen LogP contribution in [0.3, 0.4) is 0 Å². The molecule has 0 saturated heterocycles. The molecule has 0 aliphatic heterocycles. The highest BCUT2D eigenvalue weighted by Crippen LogP contribution is 2.28. The van der Waals surface area contributed by atoms with Crippen LogP contribution in [0.5, 0.6) is 0 Å². The maximum absolute atomic E-state index is 12.3. The zero-order valence-electron chi connectivity index (χ0n) is 12.5. The predicted octanol–water partition coefficient (Wildman–Crippen LogP) is 5.41. The van der Waals surface area contributed by atoms with Gasteiger partial charge in [0.2, 0.25) is 0 Å². The van der Waals surface area contributed by atoms with Crippen LogP contribution in [0.15, 0.2) is 59.0 Å². The normalized spacial score (nSPS) is 10.5. The summed E-state index contributed by atoms with van der Waals surface area (Å²) < 4.78 is 5.52. The fourth-order valence-corrected chi connectivity index (χ4v) is 2.48. The van der Waals surface area contributed by atoms with Crippen LogP contribution in [-0.4, -0.2) is 10.8 Å². The van der Waals surface area contributed by atoms with Gasteiger partial charge in [-0.2, -0.15) is 0 Å². The Morgan fingerprint density at radius 1 is 1.04 bits per heavy atom. The number of nitrogens with zero attached hydrogens (tertiary/aromatic N) is 1. The molecule has 0 aliphatic rings. The van der Waals surface area contributed by atoms with Gasteiger partial charge in [-0.25, -0.2) is 0 Å². The number of anilines is 1. The van der Waals surface area contributed by atoms with E-state index in [1.807, 2.05) is 0 Å². The number of halogens is 2. The standard InChI is InChI=1S/C17H10Cl2N2O4/c18-11-3-6-13(19)14(9-11)20-17(22)16-8-7-15(25-16)10-1-4-12(5-2-10)21(23)24/h1-9H,(H,20,22). The van der Waals surface area contributed by atoms with Crippen LogP contribution in [0.2, 0.25) is 10.0 Å². The molecular formula is C17H10Cl2N2O4. The van der Waals surface area contributed by atoms with E-state index in [2.05, 4.69) is 5.32 Å². The van der Waals surface area contributed by atoms with Crippen molar-refractivity contribution < 1.29 is 14.1 Å². The number of rotatable bonds is 4. The number of nitro groups is 1. The lowest BCUT2D eigenvalue weighted by Crippen LogP contribution is -2.11. The van der Waals surface area contributed by atoms with E-state index in [0.717, 1.165) is 0 Å². The first kappa shape index (κ1) is 17.0. The lowest BCUT2D eigenvalue weighted by atomic mass is 10.1. The third kappa shape index (κ3) is 3.81. The van der Waals surface area contributed by atoms with Crippen LogP contribution >= 0.6 is 23.2 Å². The Kier molecular flexibility index (Phi) is 4.74. The van der Waals surface area contributed by atoms with Gasteiger partial charge in [-0.3, -0.25) is 14.9 Å². The molecule has 1 amide bonds. The SMILES string of the molecule is O=C(Nc1cc(Cl)ccc1Cl)c1ccc(-c2ccc([N+](=O)[O-])cc2)o1. The Labute approximate surface area is 152 Å².